The lowest BCUT2D eigenvalue weighted by atomic mass is 10.1. The summed E-state index contributed by atoms with van der Waals surface area (Å²) >= 11 is 1.89. The van der Waals surface area contributed by atoms with E-state index < -0.39 is 0 Å². The van der Waals surface area contributed by atoms with Gasteiger partial charge in [-0.1, -0.05) is 0 Å². The number of hydrogen-bond donors (Lipinski definition) is 1. The fourth-order valence-electron chi connectivity index (χ4n) is 2.66. The standard InChI is InChI=1S/C17H23N3S/c1-17(2,3)19-10-13-4-7-18-11-15(13)20-8-5-16-14(12-20)6-9-21-16/h4,6-7,9,11,19H,5,8,10,12H2,1-3H3. The molecule has 0 saturated heterocycles. The first-order valence-electron chi connectivity index (χ1n) is 7.51. The van der Waals surface area contributed by atoms with Crippen molar-refractivity contribution in [2.75, 3.05) is 11.4 Å². The minimum absolute atomic E-state index is 0.128. The van der Waals surface area contributed by atoms with Crippen LogP contribution in [0.25, 0.3) is 0 Å². The molecule has 0 bridgehead atoms. The highest BCUT2D eigenvalue weighted by molar-refractivity contribution is 7.10. The molecule has 1 N–H and O–H groups in total. The normalized spacial score (nSPS) is 15.1. The van der Waals surface area contributed by atoms with Gasteiger partial charge in [-0.25, -0.2) is 0 Å². The summed E-state index contributed by atoms with van der Waals surface area (Å²) in [6.45, 7) is 9.58. The minimum atomic E-state index is 0.128. The van der Waals surface area contributed by atoms with Crippen LogP contribution in [-0.4, -0.2) is 17.1 Å². The van der Waals surface area contributed by atoms with Crippen molar-refractivity contribution in [3.8, 4) is 0 Å². The van der Waals surface area contributed by atoms with Gasteiger partial charge in [0.25, 0.3) is 0 Å². The van der Waals surface area contributed by atoms with Gasteiger partial charge in [0.05, 0.1) is 11.9 Å². The molecule has 0 aromatic carbocycles. The van der Waals surface area contributed by atoms with Gasteiger partial charge in [-0.3, -0.25) is 4.98 Å². The van der Waals surface area contributed by atoms with Crippen LogP contribution in [0.1, 0.15) is 36.8 Å². The number of fused-ring (bicyclic) bond motifs is 1. The summed E-state index contributed by atoms with van der Waals surface area (Å²) < 4.78 is 0. The van der Waals surface area contributed by atoms with Gasteiger partial charge in [-0.05, 0) is 55.8 Å². The molecule has 4 heteroatoms. The van der Waals surface area contributed by atoms with E-state index in [4.69, 9.17) is 0 Å². The van der Waals surface area contributed by atoms with E-state index in [2.05, 4.69) is 53.5 Å². The number of pyridine rings is 1. The molecule has 1 aliphatic rings. The maximum Gasteiger partial charge on any atom is 0.0601 e. The van der Waals surface area contributed by atoms with Gasteiger partial charge in [0, 0.05) is 36.2 Å². The summed E-state index contributed by atoms with van der Waals surface area (Å²) in [5.74, 6) is 0. The fourth-order valence-corrected chi connectivity index (χ4v) is 3.55. The SMILES string of the molecule is CC(C)(C)NCc1ccncc1N1CCc2sccc2C1. The van der Waals surface area contributed by atoms with E-state index in [9.17, 15) is 0 Å². The molecular weight excluding hydrogens is 278 g/mol. The van der Waals surface area contributed by atoms with Gasteiger partial charge in [0.1, 0.15) is 0 Å². The third-order valence-corrected chi connectivity index (χ3v) is 4.87. The molecule has 112 valence electrons. The molecule has 0 fully saturated rings. The van der Waals surface area contributed by atoms with Crippen LogP contribution in [0.5, 0.6) is 0 Å². The predicted octanol–water partition coefficient (Wildman–Crippen LogP) is 3.59. The van der Waals surface area contributed by atoms with Crippen LogP contribution in [0, 0.1) is 0 Å². The molecule has 3 heterocycles. The molecule has 0 atom stereocenters. The van der Waals surface area contributed by atoms with Crippen LogP contribution >= 0.6 is 11.3 Å². The average Bonchev–Trinajstić information content (AvgIpc) is 2.92. The van der Waals surface area contributed by atoms with Crippen molar-refractivity contribution in [2.45, 2.75) is 45.8 Å². The van der Waals surface area contributed by atoms with Crippen molar-refractivity contribution in [3.63, 3.8) is 0 Å². The Bertz CT molecular complexity index is 612. The Morgan fingerprint density at radius 1 is 1.33 bits per heavy atom. The molecule has 0 aliphatic carbocycles. The molecule has 3 rings (SSSR count). The van der Waals surface area contributed by atoms with Gasteiger partial charge in [-0.15, -0.1) is 11.3 Å². The van der Waals surface area contributed by atoms with Crippen molar-refractivity contribution in [1.29, 1.82) is 0 Å². The van der Waals surface area contributed by atoms with E-state index in [1.54, 1.807) is 4.88 Å². The highest BCUT2D eigenvalue weighted by Gasteiger charge is 2.20. The van der Waals surface area contributed by atoms with E-state index in [1.165, 1.54) is 16.8 Å². The number of rotatable bonds is 3. The summed E-state index contributed by atoms with van der Waals surface area (Å²) in [7, 11) is 0. The number of hydrogen-bond acceptors (Lipinski definition) is 4. The summed E-state index contributed by atoms with van der Waals surface area (Å²) in [5.41, 5.74) is 4.21. The van der Waals surface area contributed by atoms with Crippen molar-refractivity contribution in [3.05, 3.63) is 45.9 Å². The molecule has 0 saturated carbocycles. The van der Waals surface area contributed by atoms with Crippen molar-refractivity contribution in [2.24, 2.45) is 0 Å². The lowest BCUT2D eigenvalue weighted by Crippen LogP contribution is -2.36. The number of nitrogens with zero attached hydrogens (tertiary/aromatic N) is 2. The summed E-state index contributed by atoms with van der Waals surface area (Å²) in [6.07, 6.45) is 5.05. The molecule has 3 nitrogen and oxygen atoms in total. The predicted molar refractivity (Wildman–Crippen MR) is 89.9 cm³/mol. The van der Waals surface area contributed by atoms with E-state index in [0.29, 0.717) is 0 Å². The highest BCUT2D eigenvalue weighted by atomic mass is 32.1. The zero-order valence-corrected chi connectivity index (χ0v) is 13.8. The number of aromatic nitrogens is 1. The summed E-state index contributed by atoms with van der Waals surface area (Å²) in [4.78, 5) is 8.35. The molecule has 0 unspecified atom stereocenters. The minimum Gasteiger partial charge on any atom is -0.365 e. The monoisotopic (exact) mass is 301 g/mol. The molecule has 0 spiro atoms. The fraction of sp³-hybridized carbons (Fsp3) is 0.471. The molecule has 0 amide bonds. The Morgan fingerprint density at radius 3 is 3.00 bits per heavy atom. The van der Waals surface area contributed by atoms with Crippen molar-refractivity contribution < 1.29 is 0 Å². The zero-order chi connectivity index (χ0) is 14.9. The maximum absolute atomic E-state index is 4.34. The van der Waals surface area contributed by atoms with Crippen LogP contribution in [0.2, 0.25) is 0 Å². The first kappa shape index (κ1) is 14.5. The van der Waals surface area contributed by atoms with Gasteiger partial charge < -0.3 is 10.2 Å². The van der Waals surface area contributed by atoms with E-state index in [1.807, 2.05) is 23.7 Å². The van der Waals surface area contributed by atoms with Crippen LogP contribution in [0.4, 0.5) is 5.69 Å². The third kappa shape index (κ3) is 3.44. The summed E-state index contributed by atoms with van der Waals surface area (Å²) in [5, 5.41) is 5.79. The lowest BCUT2D eigenvalue weighted by Gasteiger charge is -2.31. The first-order chi connectivity index (χ1) is 10.0. The number of thiophene rings is 1. The van der Waals surface area contributed by atoms with Crippen LogP contribution in [0.15, 0.2) is 29.9 Å². The Balaban J connectivity index is 1.79. The Morgan fingerprint density at radius 2 is 2.19 bits per heavy atom. The Kier molecular flexibility index (Phi) is 4.00. The Hall–Kier alpha value is -1.39. The quantitative estimate of drug-likeness (QED) is 0.939. The van der Waals surface area contributed by atoms with Gasteiger partial charge in [0.15, 0.2) is 0 Å². The first-order valence-corrected chi connectivity index (χ1v) is 8.39. The molecule has 2 aromatic rings. The van der Waals surface area contributed by atoms with Gasteiger partial charge >= 0.3 is 0 Å². The molecule has 21 heavy (non-hydrogen) atoms. The largest absolute Gasteiger partial charge is 0.365 e. The second-order valence-electron chi connectivity index (χ2n) is 6.65. The van der Waals surface area contributed by atoms with Crippen LogP contribution in [0.3, 0.4) is 0 Å². The zero-order valence-electron chi connectivity index (χ0n) is 13.0. The van der Waals surface area contributed by atoms with Crippen molar-refractivity contribution >= 4 is 17.0 Å². The van der Waals surface area contributed by atoms with Crippen molar-refractivity contribution in [1.82, 2.24) is 10.3 Å². The Labute approximate surface area is 131 Å². The van der Waals surface area contributed by atoms with E-state index >= 15 is 0 Å². The lowest BCUT2D eigenvalue weighted by molar-refractivity contribution is 0.424. The second-order valence-corrected chi connectivity index (χ2v) is 7.65. The van der Waals surface area contributed by atoms with Crippen LogP contribution < -0.4 is 10.2 Å². The van der Waals surface area contributed by atoms with Gasteiger partial charge in [-0.2, -0.15) is 0 Å². The maximum atomic E-state index is 4.34. The van der Waals surface area contributed by atoms with E-state index in [0.717, 1.165) is 26.1 Å². The average molecular weight is 301 g/mol. The number of anilines is 1. The molecule has 2 aromatic heterocycles. The summed E-state index contributed by atoms with van der Waals surface area (Å²) in [6, 6.07) is 4.40. The molecule has 0 radical (unpaired) electrons. The smallest absolute Gasteiger partial charge is 0.0601 e. The van der Waals surface area contributed by atoms with E-state index in [-0.39, 0.29) is 5.54 Å². The molecular formula is C17H23N3S. The highest BCUT2D eigenvalue weighted by Crippen LogP contribution is 2.29. The van der Waals surface area contributed by atoms with Crippen LogP contribution in [-0.2, 0) is 19.5 Å². The second kappa shape index (κ2) is 5.78. The molecule has 1 aliphatic heterocycles. The third-order valence-electron chi connectivity index (χ3n) is 3.85. The van der Waals surface area contributed by atoms with Gasteiger partial charge in [0.2, 0.25) is 0 Å². The topological polar surface area (TPSA) is 28.2 Å². The number of nitrogens with one attached hydrogen (secondary N) is 1.